The third-order valence-corrected chi connectivity index (χ3v) is 5.73. The van der Waals surface area contributed by atoms with E-state index in [9.17, 15) is 9.59 Å². The second kappa shape index (κ2) is 8.27. The Balaban J connectivity index is 1.74. The molecule has 1 atom stereocenters. The van der Waals surface area contributed by atoms with Crippen LogP contribution in [-0.4, -0.2) is 40.8 Å². The Morgan fingerprint density at radius 2 is 2.11 bits per heavy atom. The van der Waals surface area contributed by atoms with E-state index >= 15 is 0 Å². The number of benzene rings is 1. The van der Waals surface area contributed by atoms with Crippen LogP contribution in [0.2, 0.25) is 5.02 Å². The van der Waals surface area contributed by atoms with Gasteiger partial charge in [-0.15, -0.1) is 11.3 Å². The Morgan fingerprint density at radius 1 is 1.41 bits per heavy atom. The molecule has 2 heterocycles. The fourth-order valence-electron chi connectivity index (χ4n) is 3.09. The van der Waals surface area contributed by atoms with Crippen molar-refractivity contribution < 1.29 is 14.3 Å². The minimum Gasteiger partial charge on any atom is -0.486 e. The number of ether oxygens (including phenoxy) is 1. The van der Waals surface area contributed by atoms with E-state index in [2.05, 4.69) is 10.3 Å². The number of thiazole rings is 1. The Morgan fingerprint density at radius 3 is 2.78 bits per heavy atom. The molecule has 6 nitrogen and oxygen atoms in total. The molecular formula is C19H22ClN3O3S. The minimum absolute atomic E-state index is 0.0372. The van der Waals surface area contributed by atoms with Gasteiger partial charge in [0, 0.05) is 18.1 Å². The Hall–Kier alpha value is -2.12. The van der Waals surface area contributed by atoms with E-state index in [-0.39, 0.29) is 24.3 Å². The fraction of sp³-hybridized carbons (Fsp3) is 0.421. The van der Waals surface area contributed by atoms with E-state index in [1.54, 1.807) is 29.2 Å². The van der Waals surface area contributed by atoms with Gasteiger partial charge in [0.2, 0.25) is 5.91 Å². The molecule has 1 aliphatic rings. The van der Waals surface area contributed by atoms with Gasteiger partial charge in [-0.3, -0.25) is 9.59 Å². The Kier molecular flexibility index (Phi) is 6.01. The summed E-state index contributed by atoms with van der Waals surface area (Å²) in [6, 6.07) is 6.63. The maximum atomic E-state index is 13.1. The molecule has 8 heteroatoms. The topological polar surface area (TPSA) is 71.5 Å². The highest BCUT2D eigenvalue weighted by atomic mass is 35.5. The fourth-order valence-corrected chi connectivity index (χ4v) is 4.15. The summed E-state index contributed by atoms with van der Waals surface area (Å²) >= 11 is 7.18. The van der Waals surface area contributed by atoms with Gasteiger partial charge in [-0.25, -0.2) is 4.98 Å². The number of carbonyl (C=O) groups is 2. The molecule has 1 aromatic heterocycles. The highest BCUT2D eigenvalue weighted by Gasteiger charge is 2.36. The highest BCUT2D eigenvalue weighted by molar-refractivity contribution is 7.13. The highest BCUT2D eigenvalue weighted by Crippen LogP contribution is 2.25. The molecule has 27 heavy (non-hydrogen) atoms. The van der Waals surface area contributed by atoms with Crippen molar-refractivity contribution in [3.63, 3.8) is 0 Å². The predicted octanol–water partition coefficient (Wildman–Crippen LogP) is 3.28. The standard InChI is InChI=1S/C19H22ClN3O3S/c1-11(2)16-18(24)21-8-9-23(16)19(25)17-12(3)22-15(27-17)10-26-14-6-4-13(20)5-7-14/h4-7,11,16H,8-10H2,1-3H3,(H,21,24)/t16-/m0/s1. The zero-order valence-electron chi connectivity index (χ0n) is 15.5. The molecule has 0 bridgehead atoms. The number of hydrogen-bond donors (Lipinski definition) is 1. The van der Waals surface area contributed by atoms with Crippen molar-refractivity contribution in [2.24, 2.45) is 5.92 Å². The molecule has 1 saturated heterocycles. The molecule has 1 aliphatic heterocycles. The largest absolute Gasteiger partial charge is 0.486 e. The van der Waals surface area contributed by atoms with Crippen molar-refractivity contribution in [1.29, 1.82) is 0 Å². The maximum absolute atomic E-state index is 13.1. The van der Waals surface area contributed by atoms with Crippen LogP contribution in [0.5, 0.6) is 5.75 Å². The smallest absolute Gasteiger partial charge is 0.266 e. The van der Waals surface area contributed by atoms with Crippen molar-refractivity contribution in [2.45, 2.75) is 33.4 Å². The molecule has 1 aromatic carbocycles. The van der Waals surface area contributed by atoms with Gasteiger partial charge in [0.25, 0.3) is 5.91 Å². The number of nitrogens with one attached hydrogen (secondary N) is 1. The van der Waals surface area contributed by atoms with Crippen LogP contribution in [0.25, 0.3) is 0 Å². The maximum Gasteiger partial charge on any atom is 0.266 e. The number of aromatic nitrogens is 1. The molecule has 1 fully saturated rings. The zero-order valence-corrected chi connectivity index (χ0v) is 17.1. The normalized spacial score (nSPS) is 17.1. The van der Waals surface area contributed by atoms with Gasteiger partial charge in [0.1, 0.15) is 28.3 Å². The van der Waals surface area contributed by atoms with E-state index in [0.717, 1.165) is 0 Å². The monoisotopic (exact) mass is 407 g/mol. The summed E-state index contributed by atoms with van der Waals surface area (Å²) < 4.78 is 5.72. The summed E-state index contributed by atoms with van der Waals surface area (Å²) in [6.07, 6.45) is 0. The minimum atomic E-state index is -0.457. The van der Waals surface area contributed by atoms with E-state index in [0.29, 0.717) is 39.4 Å². The van der Waals surface area contributed by atoms with E-state index in [1.165, 1.54) is 11.3 Å². The molecule has 3 rings (SSSR count). The van der Waals surface area contributed by atoms with Crippen molar-refractivity contribution in [3.8, 4) is 5.75 Å². The number of hydrogen-bond acceptors (Lipinski definition) is 5. The van der Waals surface area contributed by atoms with Crippen LogP contribution < -0.4 is 10.1 Å². The molecule has 0 unspecified atom stereocenters. The van der Waals surface area contributed by atoms with Crippen molar-refractivity contribution in [3.05, 3.63) is 44.9 Å². The van der Waals surface area contributed by atoms with Gasteiger partial charge in [-0.1, -0.05) is 25.4 Å². The molecule has 2 aromatic rings. The Labute approximate surface area is 167 Å². The van der Waals surface area contributed by atoms with Gasteiger partial charge < -0.3 is 15.0 Å². The summed E-state index contributed by atoms with van der Waals surface area (Å²) in [5, 5.41) is 4.20. The summed E-state index contributed by atoms with van der Waals surface area (Å²) in [7, 11) is 0. The summed E-state index contributed by atoms with van der Waals surface area (Å²) in [5.74, 6) is 0.484. The average Bonchev–Trinajstić information content (AvgIpc) is 3.00. The summed E-state index contributed by atoms with van der Waals surface area (Å²) in [4.78, 5) is 32.0. The third kappa shape index (κ3) is 4.42. The number of halogens is 1. The molecule has 0 saturated carbocycles. The number of carbonyl (C=O) groups excluding carboxylic acids is 2. The molecule has 0 aliphatic carbocycles. The van der Waals surface area contributed by atoms with Gasteiger partial charge in [0.15, 0.2) is 0 Å². The third-order valence-electron chi connectivity index (χ3n) is 4.36. The van der Waals surface area contributed by atoms with Crippen LogP contribution in [0.3, 0.4) is 0 Å². The second-order valence-corrected chi connectivity index (χ2v) is 8.26. The van der Waals surface area contributed by atoms with Crippen molar-refractivity contribution in [2.75, 3.05) is 13.1 Å². The number of aryl methyl sites for hydroxylation is 1. The molecular weight excluding hydrogens is 386 g/mol. The molecule has 2 amide bonds. The average molecular weight is 408 g/mol. The summed E-state index contributed by atoms with van der Waals surface area (Å²) in [6.45, 7) is 6.94. The van der Waals surface area contributed by atoms with Crippen LogP contribution in [0.15, 0.2) is 24.3 Å². The lowest BCUT2D eigenvalue weighted by atomic mass is 9.99. The van der Waals surface area contributed by atoms with Crippen LogP contribution >= 0.6 is 22.9 Å². The molecule has 0 radical (unpaired) electrons. The first-order valence-electron chi connectivity index (χ1n) is 8.80. The predicted molar refractivity (Wildman–Crippen MR) is 105 cm³/mol. The van der Waals surface area contributed by atoms with Gasteiger partial charge in [-0.2, -0.15) is 0 Å². The van der Waals surface area contributed by atoms with E-state index in [1.807, 2.05) is 20.8 Å². The van der Waals surface area contributed by atoms with E-state index in [4.69, 9.17) is 16.3 Å². The van der Waals surface area contributed by atoms with Crippen molar-refractivity contribution >= 4 is 34.8 Å². The first kappa shape index (κ1) is 19.6. The Bertz CT molecular complexity index is 835. The molecule has 1 N–H and O–H groups in total. The van der Waals surface area contributed by atoms with Crippen LogP contribution in [0.1, 0.15) is 34.2 Å². The molecule has 144 valence electrons. The number of rotatable bonds is 5. The number of nitrogens with zero attached hydrogens (tertiary/aromatic N) is 2. The number of piperazine rings is 1. The quantitative estimate of drug-likeness (QED) is 0.825. The summed E-state index contributed by atoms with van der Waals surface area (Å²) in [5.41, 5.74) is 0.660. The van der Waals surface area contributed by atoms with E-state index < -0.39 is 6.04 Å². The van der Waals surface area contributed by atoms with Crippen LogP contribution in [-0.2, 0) is 11.4 Å². The second-order valence-electron chi connectivity index (χ2n) is 6.74. The van der Waals surface area contributed by atoms with Crippen molar-refractivity contribution in [1.82, 2.24) is 15.2 Å². The van der Waals surface area contributed by atoms with Gasteiger partial charge in [-0.05, 0) is 37.1 Å². The van der Waals surface area contributed by atoms with Gasteiger partial charge in [0.05, 0.1) is 5.69 Å². The first-order valence-corrected chi connectivity index (χ1v) is 9.99. The first-order chi connectivity index (χ1) is 12.9. The van der Waals surface area contributed by atoms with Gasteiger partial charge >= 0.3 is 0 Å². The SMILES string of the molecule is Cc1nc(COc2ccc(Cl)cc2)sc1C(=O)N1CCNC(=O)[C@@H]1C(C)C. The van der Waals surface area contributed by atoms with Crippen LogP contribution in [0.4, 0.5) is 0 Å². The number of amides is 2. The lowest BCUT2D eigenvalue weighted by Gasteiger charge is -2.37. The van der Waals surface area contributed by atoms with Crippen LogP contribution in [0, 0.1) is 12.8 Å². The molecule has 0 spiro atoms. The zero-order chi connectivity index (χ0) is 19.6. The lowest BCUT2D eigenvalue weighted by molar-refractivity contribution is -0.129. The lowest BCUT2D eigenvalue weighted by Crippen LogP contribution is -2.59.